The number of oxime groups is 1. The first kappa shape index (κ1) is 14.0. The largest absolute Gasteiger partial charge is 0.393 e. The van der Waals surface area contributed by atoms with Crippen LogP contribution in [0.4, 0.5) is 0 Å². The summed E-state index contributed by atoms with van der Waals surface area (Å²) < 4.78 is 0. The second-order valence-corrected chi connectivity index (χ2v) is 4.72. The summed E-state index contributed by atoms with van der Waals surface area (Å²) >= 11 is 0. The lowest BCUT2D eigenvalue weighted by atomic mass is 10.1. The molecule has 1 aliphatic rings. The highest BCUT2D eigenvalue weighted by atomic mass is 16.6. The Labute approximate surface area is 104 Å². The molecule has 1 rings (SSSR count). The Bertz CT molecular complexity index is 314. The highest BCUT2D eigenvalue weighted by Gasteiger charge is 2.16. The van der Waals surface area contributed by atoms with E-state index in [9.17, 15) is 0 Å². The van der Waals surface area contributed by atoms with E-state index in [1.54, 1.807) is 0 Å². The molecule has 0 unspecified atom stereocenters. The molecule has 1 fully saturated rings. The summed E-state index contributed by atoms with van der Waals surface area (Å²) in [6.07, 6.45) is 0. The van der Waals surface area contributed by atoms with Crippen molar-refractivity contribution in [1.82, 2.24) is 10.2 Å². The number of likely N-dealkylation sites (N-methyl/N-ethyl adjacent to an activating group) is 1. The summed E-state index contributed by atoms with van der Waals surface area (Å²) in [4.78, 5) is 7.69. The maximum atomic E-state index is 5.39. The van der Waals surface area contributed by atoms with E-state index in [1.165, 1.54) is 0 Å². The van der Waals surface area contributed by atoms with E-state index in [0.717, 1.165) is 25.3 Å². The first-order valence-corrected chi connectivity index (χ1v) is 6.18. The lowest BCUT2D eigenvalue weighted by molar-refractivity contribution is 0.0931. The van der Waals surface area contributed by atoms with E-state index >= 15 is 0 Å². The molecule has 0 aromatic carbocycles. The van der Waals surface area contributed by atoms with E-state index in [-0.39, 0.29) is 0 Å². The summed E-state index contributed by atoms with van der Waals surface area (Å²) in [7, 11) is 2.12. The van der Waals surface area contributed by atoms with E-state index in [4.69, 9.17) is 4.84 Å². The molecule has 0 radical (unpaired) electrons. The van der Waals surface area contributed by atoms with Crippen LogP contribution < -0.4 is 5.32 Å². The Kier molecular flexibility index (Phi) is 6.03. The first-order valence-electron chi connectivity index (χ1n) is 6.18. The van der Waals surface area contributed by atoms with Crippen LogP contribution in [0.1, 0.15) is 20.8 Å². The maximum absolute atomic E-state index is 5.39. The molecule has 0 aromatic heterocycles. The highest BCUT2D eigenvalue weighted by Crippen LogP contribution is 2.00. The zero-order chi connectivity index (χ0) is 12.7. The third-order valence-electron chi connectivity index (χ3n) is 2.70. The van der Waals surface area contributed by atoms with Crippen LogP contribution in [0.2, 0.25) is 0 Å². The number of hydrogen-bond acceptors (Lipinski definition) is 4. The number of piperazine rings is 1. The molecule has 0 spiro atoms. The molecule has 4 nitrogen and oxygen atoms in total. The van der Waals surface area contributed by atoms with Gasteiger partial charge in [-0.25, -0.2) is 0 Å². The van der Waals surface area contributed by atoms with Gasteiger partial charge in [-0.05, 0) is 19.9 Å². The summed E-state index contributed by atoms with van der Waals surface area (Å²) in [5, 5.41) is 7.53. The number of nitrogens with one attached hydrogen (secondary N) is 1. The van der Waals surface area contributed by atoms with Gasteiger partial charge in [-0.1, -0.05) is 24.9 Å². The van der Waals surface area contributed by atoms with E-state index in [0.29, 0.717) is 18.6 Å². The Balaban J connectivity index is 2.38. The minimum absolute atomic E-state index is 0.310. The number of nitrogens with zero attached hydrogens (tertiary/aromatic N) is 2. The van der Waals surface area contributed by atoms with Crippen molar-refractivity contribution in [3.05, 3.63) is 0 Å². The topological polar surface area (TPSA) is 36.9 Å². The molecule has 0 bridgehead atoms. The van der Waals surface area contributed by atoms with Crippen LogP contribution in [0.15, 0.2) is 5.16 Å². The first-order chi connectivity index (χ1) is 8.13. The fraction of sp³-hybridized carbons (Fsp3) is 0.769. The molecule has 1 atom stereocenters. The lowest BCUT2D eigenvalue weighted by Gasteiger charge is -2.29. The molecule has 4 heteroatoms. The van der Waals surface area contributed by atoms with E-state index in [2.05, 4.69) is 48.1 Å². The molecule has 0 saturated carbocycles. The van der Waals surface area contributed by atoms with Gasteiger partial charge in [-0.3, -0.25) is 0 Å². The van der Waals surface area contributed by atoms with Gasteiger partial charge < -0.3 is 15.1 Å². The standard InChI is InChI=1S/C13H23N3O/c1-5-6-13(11(2)3)15-17-10-12-9-16(4)8-7-14-12/h11-12,14H,7-10H2,1-4H3/b15-13+/t12-/m1/s1. The van der Waals surface area contributed by atoms with Crippen LogP contribution in [-0.4, -0.2) is 49.9 Å². The van der Waals surface area contributed by atoms with Crippen LogP contribution in [0.5, 0.6) is 0 Å². The van der Waals surface area contributed by atoms with Gasteiger partial charge in [0.25, 0.3) is 0 Å². The predicted molar refractivity (Wildman–Crippen MR) is 71.0 cm³/mol. The molecule has 0 aromatic rings. The van der Waals surface area contributed by atoms with Crippen LogP contribution in [0, 0.1) is 17.8 Å². The number of hydrogen-bond donors (Lipinski definition) is 1. The highest BCUT2D eigenvalue weighted by molar-refractivity contribution is 6.01. The zero-order valence-corrected chi connectivity index (χ0v) is 11.3. The molecule has 1 N–H and O–H groups in total. The Morgan fingerprint density at radius 1 is 1.59 bits per heavy atom. The summed E-state index contributed by atoms with van der Waals surface area (Å²) in [6.45, 7) is 9.67. The van der Waals surface area contributed by atoms with Gasteiger partial charge in [-0.15, -0.1) is 0 Å². The van der Waals surface area contributed by atoms with Crippen LogP contribution in [-0.2, 0) is 4.84 Å². The van der Waals surface area contributed by atoms with Crippen molar-refractivity contribution in [1.29, 1.82) is 0 Å². The molecule has 0 aliphatic carbocycles. The second kappa shape index (κ2) is 7.31. The van der Waals surface area contributed by atoms with E-state index < -0.39 is 0 Å². The Morgan fingerprint density at radius 2 is 2.35 bits per heavy atom. The Hall–Kier alpha value is -1.05. The molecule has 0 amide bonds. The average Bonchev–Trinajstić information content (AvgIpc) is 2.28. The normalized spacial score (nSPS) is 22.2. The van der Waals surface area contributed by atoms with Gasteiger partial charge in [0.2, 0.25) is 0 Å². The van der Waals surface area contributed by atoms with E-state index in [1.807, 2.05) is 6.92 Å². The predicted octanol–water partition coefficient (Wildman–Crippen LogP) is 0.942. The second-order valence-electron chi connectivity index (χ2n) is 4.72. The summed E-state index contributed by atoms with van der Waals surface area (Å²) in [6, 6.07) is 0.362. The van der Waals surface area contributed by atoms with Gasteiger partial charge in [0.15, 0.2) is 0 Å². The number of rotatable bonds is 4. The van der Waals surface area contributed by atoms with Gasteiger partial charge >= 0.3 is 0 Å². The van der Waals surface area contributed by atoms with Gasteiger partial charge in [0, 0.05) is 25.6 Å². The fourth-order valence-corrected chi connectivity index (χ4v) is 1.70. The maximum Gasteiger partial charge on any atom is 0.133 e. The minimum atomic E-state index is 0.310. The smallest absolute Gasteiger partial charge is 0.133 e. The van der Waals surface area contributed by atoms with Crippen molar-refractivity contribution >= 4 is 5.71 Å². The van der Waals surface area contributed by atoms with Crippen molar-refractivity contribution in [2.24, 2.45) is 11.1 Å². The van der Waals surface area contributed by atoms with Crippen molar-refractivity contribution in [2.45, 2.75) is 26.8 Å². The summed E-state index contributed by atoms with van der Waals surface area (Å²) in [5.74, 6) is 6.14. The average molecular weight is 237 g/mol. The van der Waals surface area contributed by atoms with Crippen LogP contribution in [0.25, 0.3) is 0 Å². The molecule has 96 valence electrons. The monoisotopic (exact) mass is 237 g/mol. The summed E-state index contributed by atoms with van der Waals surface area (Å²) in [5.41, 5.74) is 0.816. The third-order valence-corrected chi connectivity index (χ3v) is 2.70. The van der Waals surface area contributed by atoms with Crippen molar-refractivity contribution in [3.8, 4) is 11.8 Å². The zero-order valence-electron chi connectivity index (χ0n) is 11.3. The molecule has 17 heavy (non-hydrogen) atoms. The van der Waals surface area contributed by atoms with Crippen LogP contribution >= 0.6 is 0 Å². The van der Waals surface area contributed by atoms with Crippen molar-refractivity contribution in [3.63, 3.8) is 0 Å². The fourth-order valence-electron chi connectivity index (χ4n) is 1.70. The molecule has 1 saturated heterocycles. The van der Waals surface area contributed by atoms with Gasteiger partial charge in [0.05, 0.1) is 6.04 Å². The quantitative estimate of drug-likeness (QED) is 0.449. The molecular formula is C13H23N3O. The van der Waals surface area contributed by atoms with Crippen molar-refractivity contribution < 1.29 is 4.84 Å². The molecular weight excluding hydrogens is 214 g/mol. The Morgan fingerprint density at radius 3 is 2.94 bits per heavy atom. The minimum Gasteiger partial charge on any atom is -0.393 e. The molecule has 1 heterocycles. The van der Waals surface area contributed by atoms with Gasteiger partial charge in [-0.2, -0.15) is 0 Å². The molecule has 1 aliphatic heterocycles. The lowest BCUT2D eigenvalue weighted by Crippen LogP contribution is -2.50. The van der Waals surface area contributed by atoms with Crippen LogP contribution in [0.3, 0.4) is 0 Å². The SMILES string of the molecule is CC#C/C(=N\OC[C@H]1CN(C)CCN1)C(C)C. The van der Waals surface area contributed by atoms with Gasteiger partial charge in [0.1, 0.15) is 12.3 Å². The van der Waals surface area contributed by atoms with Crippen molar-refractivity contribution in [2.75, 3.05) is 33.3 Å². The third kappa shape index (κ3) is 5.20.